The van der Waals surface area contributed by atoms with Crippen molar-refractivity contribution in [3.63, 3.8) is 0 Å². The van der Waals surface area contributed by atoms with Gasteiger partial charge in [-0.05, 0) is 20.8 Å². The minimum atomic E-state index is -2.27. The van der Waals surface area contributed by atoms with Crippen LogP contribution < -0.4 is 0 Å². The largest absolute Gasteiger partial charge is 0.394 e. The van der Waals surface area contributed by atoms with E-state index in [0.717, 1.165) is 0 Å². The topological polar surface area (TPSA) is 177 Å². The van der Waals surface area contributed by atoms with E-state index in [1.54, 1.807) is 20.8 Å². The van der Waals surface area contributed by atoms with Gasteiger partial charge in [0.25, 0.3) is 0 Å². The highest BCUT2D eigenvalue weighted by Gasteiger charge is 2.40. The van der Waals surface area contributed by atoms with Crippen molar-refractivity contribution in [2.75, 3.05) is 6.61 Å². The van der Waals surface area contributed by atoms with Crippen LogP contribution in [0.3, 0.4) is 0 Å². The lowest BCUT2D eigenvalue weighted by Gasteiger charge is -2.29. The fraction of sp³-hybridized carbons (Fsp3) is 0.917. The Hall–Kier alpha value is -0.850. The molecule has 22 heavy (non-hydrogen) atoms. The monoisotopic (exact) mass is 328 g/mol. The maximum atomic E-state index is 11.4. The van der Waals surface area contributed by atoms with Crippen LogP contribution in [0.15, 0.2) is 0 Å². The lowest BCUT2D eigenvalue weighted by Crippen LogP contribution is -2.54. The molecule has 0 saturated carbocycles. The van der Waals surface area contributed by atoms with Crippen LogP contribution in [0.4, 0.5) is 0 Å². The molecule has 0 rings (SSSR count). The van der Waals surface area contributed by atoms with Gasteiger partial charge in [-0.25, -0.2) is 4.79 Å². The number of hydrogen-bond donors (Lipinski definition) is 7. The summed E-state index contributed by atoms with van der Waals surface area (Å²) in [5, 5.41) is 65.3. The van der Waals surface area contributed by atoms with Crippen molar-refractivity contribution in [3.05, 3.63) is 0 Å². The average Bonchev–Trinajstić information content (AvgIpc) is 2.46. The lowest BCUT2D eigenvalue weighted by atomic mass is 9.96. The van der Waals surface area contributed by atoms with E-state index in [0.29, 0.717) is 0 Å². The van der Waals surface area contributed by atoms with Gasteiger partial charge in [0, 0.05) is 0 Å². The van der Waals surface area contributed by atoms with Crippen LogP contribution >= 0.6 is 0 Å². The maximum absolute atomic E-state index is 11.4. The molecule has 0 unspecified atom stereocenters. The number of aliphatic hydroxyl groups is 7. The molecule has 0 heterocycles. The predicted molar refractivity (Wildman–Crippen MR) is 70.1 cm³/mol. The van der Waals surface area contributed by atoms with E-state index in [9.17, 15) is 30.3 Å². The van der Waals surface area contributed by atoms with Crippen molar-refractivity contribution < 1.29 is 50.3 Å². The van der Waals surface area contributed by atoms with Gasteiger partial charge in [-0.2, -0.15) is 4.89 Å². The van der Waals surface area contributed by atoms with Gasteiger partial charge in [0.2, 0.25) is 0 Å². The van der Waals surface area contributed by atoms with Crippen LogP contribution in [0.5, 0.6) is 0 Å². The molecule has 132 valence electrons. The highest BCUT2D eigenvalue weighted by molar-refractivity contribution is 5.74. The molecule has 0 radical (unpaired) electrons. The third-order valence-corrected chi connectivity index (χ3v) is 2.57. The SMILES string of the molecule is CC(C)(C)OOC(=O)[C@H](O)[C@H](O)[C@H](O)[C@H](O)[C@H](O)[C@H](O)CO. The van der Waals surface area contributed by atoms with Crippen molar-refractivity contribution in [1.82, 2.24) is 0 Å². The molecule has 0 aromatic carbocycles. The summed E-state index contributed by atoms with van der Waals surface area (Å²) >= 11 is 0. The fourth-order valence-electron chi connectivity index (χ4n) is 1.28. The van der Waals surface area contributed by atoms with Gasteiger partial charge in [0.1, 0.15) is 36.1 Å². The molecule has 0 aliphatic rings. The Kier molecular flexibility index (Phi) is 8.36. The molecule has 0 aliphatic carbocycles. The summed E-state index contributed by atoms with van der Waals surface area (Å²) in [5.41, 5.74) is -0.875. The zero-order chi connectivity index (χ0) is 17.7. The van der Waals surface area contributed by atoms with Crippen molar-refractivity contribution in [2.45, 2.75) is 63.0 Å². The number of carbonyl (C=O) groups excluding carboxylic acids is 1. The molecule has 10 heteroatoms. The molecule has 0 amide bonds. The van der Waals surface area contributed by atoms with Crippen LogP contribution in [0, 0.1) is 0 Å². The van der Waals surface area contributed by atoms with Crippen molar-refractivity contribution in [2.24, 2.45) is 0 Å². The van der Waals surface area contributed by atoms with Gasteiger partial charge >= 0.3 is 5.97 Å². The van der Waals surface area contributed by atoms with Gasteiger partial charge in [-0.3, -0.25) is 4.89 Å². The molecule has 0 spiro atoms. The Bertz CT molecular complexity index is 341. The zero-order valence-corrected chi connectivity index (χ0v) is 12.5. The van der Waals surface area contributed by atoms with E-state index in [4.69, 9.17) is 10.2 Å². The second-order valence-corrected chi connectivity index (χ2v) is 5.76. The van der Waals surface area contributed by atoms with Crippen LogP contribution in [-0.2, 0) is 14.6 Å². The summed E-state index contributed by atoms with van der Waals surface area (Å²) in [6, 6.07) is 0. The number of carbonyl (C=O) groups is 1. The van der Waals surface area contributed by atoms with Gasteiger partial charge < -0.3 is 35.7 Å². The van der Waals surface area contributed by atoms with Crippen LogP contribution in [-0.4, -0.2) is 90.5 Å². The Morgan fingerprint density at radius 2 is 1.36 bits per heavy atom. The van der Waals surface area contributed by atoms with E-state index in [1.807, 2.05) is 0 Å². The molecule has 0 saturated heterocycles. The van der Waals surface area contributed by atoms with E-state index in [1.165, 1.54) is 0 Å². The summed E-state index contributed by atoms with van der Waals surface area (Å²) in [4.78, 5) is 20.3. The molecule has 10 nitrogen and oxygen atoms in total. The third-order valence-electron chi connectivity index (χ3n) is 2.57. The fourth-order valence-corrected chi connectivity index (χ4v) is 1.28. The first-order chi connectivity index (χ1) is 9.92. The van der Waals surface area contributed by atoms with Crippen molar-refractivity contribution in [3.8, 4) is 0 Å². The van der Waals surface area contributed by atoms with E-state index in [-0.39, 0.29) is 0 Å². The van der Waals surface area contributed by atoms with E-state index < -0.39 is 54.8 Å². The summed E-state index contributed by atoms with van der Waals surface area (Å²) in [5.74, 6) is -1.43. The normalized spacial score (nSPS) is 20.6. The van der Waals surface area contributed by atoms with Crippen LogP contribution in [0.25, 0.3) is 0 Å². The Labute approximate surface area is 127 Å². The molecule has 0 bridgehead atoms. The first-order valence-electron chi connectivity index (χ1n) is 6.51. The van der Waals surface area contributed by atoms with Crippen LogP contribution in [0.1, 0.15) is 20.8 Å². The van der Waals surface area contributed by atoms with Gasteiger partial charge in [0.05, 0.1) is 6.61 Å². The van der Waals surface area contributed by atoms with E-state index in [2.05, 4.69) is 9.78 Å². The quantitative estimate of drug-likeness (QED) is 0.174. The molecule has 0 aromatic heterocycles. The highest BCUT2D eigenvalue weighted by Crippen LogP contribution is 2.13. The zero-order valence-electron chi connectivity index (χ0n) is 12.5. The summed E-state index contributed by atoms with van der Waals surface area (Å²) in [6.45, 7) is 3.74. The van der Waals surface area contributed by atoms with E-state index >= 15 is 0 Å². The number of rotatable bonds is 8. The first kappa shape index (κ1) is 21.1. The van der Waals surface area contributed by atoms with Crippen LogP contribution in [0.2, 0.25) is 0 Å². The Balaban J connectivity index is 4.66. The smallest absolute Gasteiger partial charge is 0.373 e. The summed E-state index contributed by atoms with van der Waals surface area (Å²) in [7, 11) is 0. The summed E-state index contributed by atoms with van der Waals surface area (Å²) < 4.78 is 0. The Morgan fingerprint density at radius 1 is 0.909 bits per heavy atom. The predicted octanol–water partition coefficient (Wildman–Crippen LogP) is -3.58. The first-order valence-corrected chi connectivity index (χ1v) is 6.51. The van der Waals surface area contributed by atoms with Crippen molar-refractivity contribution >= 4 is 5.97 Å². The maximum Gasteiger partial charge on any atom is 0.373 e. The molecule has 0 aliphatic heterocycles. The third kappa shape index (κ3) is 6.50. The molecule has 0 fully saturated rings. The lowest BCUT2D eigenvalue weighted by molar-refractivity contribution is -0.327. The molecular formula is C12H24O10. The van der Waals surface area contributed by atoms with Gasteiger partial charge in [-0.1, -0.05) is 0 Å². The standard InChI is InChI=1S/C12H24O10/c1-12(2,3)22-21-11(20)10(19)9(18)8(17)7(16)6(15)5(14)4-13/h5-10,13-19H,4H2,1-3H3/t5-,6-,7-,8-,9-,10-/m1/s1. The minimum Gasteiger partial charge on any atom is -0.394 e. The molecule has 0 aromatic rings. The van der Waals surface area contributed by atoms with Crippen molar-refractivity contribution in [1.29, 1.82) is 0 Å². The molecule has 7 N–H and O–H groups in total. The number of aliphatic hydroxyl groups excluding tert-OH is 7. The second kappa shape index (κ2) is 8.70. The minimum absolute atomic E-state index is 0.875. The molecule has 6 atom stereocenters. The average molecular weight is 328 g/mol. The summed E-state index contributed by atoms with van der Waals surface area (Å²) in [6.07, 6.45) is -12.6. The second-order valence-electron chi connectivity index (χ2n) is 5.76. The van der Waals surface area contributed by atoms with Gasteiger partial charge in [-0.15, -0.1) is 0 Å². The highest BCUT2D eigenvalue weighted by atomic mass is 17.2. The van der Waals surface area contributed by atoms with Gasteiger partial charge in [0.15, 0.2) is 6.10 Å². The number of hydrogen-bond acceptors (Lipinski definition) is 10. The Morgan fingerprint density at radius 3 is 1.77 bits per heavy atom. The molecular weight excluding hydrogens is 304 g/mol.